The standard InChI is InChI=1S/C21H19NO4S/c1-27(25)14-15-6-4-9-17(12-15)21(24)26-13-20(23)22-19-11-5-8-16-7-2-3-10-18(16)19/h2-12H,13-14H2,1H3,(H,22,23). The lowest BCUT2D eigenvalue weighted by Crippen LogP contribution is -2.21. The molecule has 5 nitrogen and oxygen atoms in total. The highest BCUT2D eigenvalue weighted by Crippen LogP contribution is 2.22. The predicted molar refractivity (Wildman–Crippen MR) is 107 cm³/mol. The smallest absolute Gasteiger partial charge is 0.338 e. The first-order valence-electron chi connectivity index (χ1n) is 8.36. The van der Waals surface area contributed by atoms with Gasteiger partial charge in [0, 0.05) is 33.9 Å². The Kier molecular flexibility index (Phi) is 5.98. The number of hydrogen-bond acceptors (Lipinski definition) is 4. The molecule has 6 heteroatoms. The van der Waals surface area contributed by atoms with Gasteiger partial charge in [0.15, 0.2) is 6.61 Å². The van der Waals surface area contributed by atoms with E-state index in [1.54, 1.807) is 36.6 Å². The van der Waals surface area contributed by atoms with Crippen molar-refractivity contribution < 1.29 is 18.5 Å². The molecule has 1 amide bonds. The highest BCUT2D eigenvalue weighted by molar-refractivity contribution is 7.83. The Balaban J connectivity index is 1.62. The van der Waals surface area contributed by atoms with Gasteiger partial charge in [-0.25, -0.2) is 4.79 Å². The maximum absolute atomic E-state index is 12.2. The number of carbonyl (C=O) groups excluding carboxylic acids is 2. The van der Waals surface area contributed by atoms with Gasteiger partial charge in [-0.3, -0.25) is 9.00 Å². The van der Waals surface area contributed by atoms with Gasteiger partial charge in [-0.15, -0.1) is 0 Å². The molecule has 0 aliphatic rings. The van der Waals surface area contributed by atoms with Gasteiger partial charge in [-0.2, -0.15) is 0 Å². The summed E-state index contributed by atoms with van der Waals surface area (Å²) in [7, 11) is -1.000. The Hall–Kier alpha value is -2.99. The minimum absolute atomic E-state index is 0.330. The summed E-state index contributed by atoms with van der Waals surface area (Å²) in [5.41, 5.74) is 1.78. The van der Waals surface area contributed by atoms with Crippen LogP contribution in [0.2, 0.25) is 0 Å². The summed E-state index contributed by atoms with van der Waals surface area (Å²) < 4.78 is 16.4. The maximum Gasteiger partial charge on any atom is 0.338 e. The zero-order valence-corrected chi connectivity index (χ0v) is 15.6. The van der Waals surface area contributed by atoms with Crippen LogP contribution >= 0.6 is 0 Å². The number of hydrogen-bond donors (Lipinski definition) is 1. The molecule has 3 aromatic carbocycles. The van der Waals surface area contributed by atoms with E-state index in [0.717, 1.165) is 16.3 Å². The lowest BCUT2D eigenvalue weighted by atomic mass is 10.1. The second kappa shape index (κ2) is 8.60. The maximum atomic E-state index is 12.2. The SMILES string of the molecule is CS(=O)Cc1cccc(C(=O)OCC(=O)Nc2cccc3ccccc23)c1. The Morgan fingerprint density at radius 2 is 1.74 bits per heavy atom. The van der Waals surface area contributed by atoms with Crippen molar-refractivity contribution in [3.05, 3.63) is 77.9 Å². The molecule has 0 bridgehead atoms. The fraction of sp³-hybridized carbons (Fsp3) is 0.143. The average molecular weight is 381 g/mol. The largest absolute Gasteiger partial charge is 0.452 e. The first-order valence-corrected chi connectivity index (χ1v) is 10.1. The summed E-state index contributed by atoms with van der Waals surface area (Å²) in [6, 6.07) is 20.1. The molecule has 0 aliphatic heterocycles. The summed E-state index contributed by atoms with van der Waals surface area (Å²) >= 11 is 0. The van der Waals surface area contributed by atoms with Crippen molar-refractivity contribution >= 4 is 39.1 Å². The van der Waals surface area contributed by atoms with Gasteiger partial charge in [-0.05, 0) is 29.1 Å². The number of amides is 1. The monoisotopic (exact) mass is 381 g/mol. The topological polar surface area (TPSA) is 72.5 Å². The van der Waals surface area contributed by atoms with Crippen molar-refractivity contribution in [1.82, 2.24) is 0 Å². The fourth-order valence-electron chi connectivity index (χ4n) is 2.76. The molecule has 1 unspecified atom stereocenters. The Morgan fingerprint density at radius 3 is 2.56 bits per heavy atom. The summed E-state index contributed by atoms with van der Waals surface area (Å²) in [5.74, 6) is -0.639. The van der Waals surface area contributed by atoms with Crippen LogP contribution in [-0.2, 0) is 26.1 Å². The zero-order chi connectivity index (χ0) is 19.2. The van der Waals surface area contributed by atoms with Crippen molar-refractivity contribution in [3.63, 3.8) is 0 Å². The molecule has 0 saturated heterocycles. The molecule has 138 valence electrons. The van der Waals surface area contributed by atoms with E-state index in [-0.39, 0.29) is 6.61 Å². The van der Waals surface area contributed by atoms with Gasteiger partial charge in [0.1, 0.15) is 0 Å². The van der Waals surface area contributed by atoms with E-state index in [1.165, 1.54) is 0 Å². The minimum atomic E-state index is -1.000. The quantitative estimate of drug-likeness (QED) is 0.663. The lowest BCUT2D eigenvalue weighted by molar-refractivity contribution is -0.119. The molecule has 0 spiro atoms. The van der Waals surface area contributed by atoms with Crippen LogP contribution in [0.1, 0.15) is 15.9 Å². The normalized spacial score (nSPS) is 11.7. The van der Waals surface area contributed by atoms with Crippen LogP contribution in [0, 0.1) is 0 Å². The van der Waals surface area contributed by atoms with Gasteiger partial charge in [0.2, 0.25) is 0 Å². The van der Waals surface area contributed by atoms with Crippen LogP contribution in [0.3, 0.4) is 0 Å². The van der Waals surface area contributed by atoms with Gasteiger partial charge in [-0.1, -0.05) is 48.5 Å². The summed E-state index contributed by atoms with van der Waals surface area (Å²) in [5, 5.41) is 4.70. The molecule has 1 atom stereocenters. The van der Waals surface area contributed by atoms with E-state index in [0.29, 0.717) is 17.0 Å². The molecule has 3 aromatic rings. The highest BCUT2D eigenvalue weighted by Gasteiger charge is 2.12. The van der Waals surface area contributed by atoms with Crippen molar-refractivity contribution in [2.45, 2.75) is 5.75 Å². The second-order valence-corrected chi connectivity index (χ2v) is 7.50. The van der Waals surface area contributed by atoms with Crippen LogP contribution in [0.25, 0.3) is 10.8 Å². The van der Waals surface area contributed by atoms with Crippen molar-refractivity contribution in [2.75, 3.05) is 18.2 Å². The van der Waals surface area contributed by atoms with Crippen molar-refractivity contribution in [1.29, 1.82) is 0 Å². The molecule has 3 rings (SSSR count). The van der Waals surface area contributed by atoms with Crippen LogP contribution < -0.4 is 5.32 Å². The molecule has 0 heterocycles. The van der Waals surface area contributed by atoms with E-state index in [9.17, 15) is 13.8 Å². The number of anilines is 1. The summed E-state index contributed by atoms with van der Waals surface area (Å²) in [6.45, 7) is -0.383. The molecule has 0 saturated carbocycles. The summed E-state index contributed by atoms with van der Waals surface area (Å²) in [6.07, 6.45) is 1.60. The number of carbonyl (C=O) groups is 2. The second-order valence-electron chi connectivity index (χ2n) is 6.07. The first kappa shape index (κ1) is 18.8. The van der Waals surface area contributed by atoms with E-state index in [2.05, 4.69) is 5.32 Å². The Bertz CT molecular complexity index is 1010. The van der Waals surface area contributed by atoms with E-state index in [1.807, 2.05) is 36.4 Å². The predicted octanol–water partition coefficient (Wildman–Crippen LogP) is 3.51. The third-order valence-corrected chi connectivity index (χ3v) is 4.67. The Labute approximate surface area is 159 Å². The molecule has 0 aromatic heterocycles. The van der Waals surface area contributed by atoms with E-state index >= 15 is 0 Å². The van der Waals surface area contributed by atoms with Gasteiger partial charge < -0.3 is 10.1 Å². The van der Waals surface area contributed by atoms with Crippen molar-refractivity contribution in [2.24, 2.45) is 0 Å². The number of nitrogens with one attached hydrogen (secondary N) is 1. The fourth-order valence-corrected chi connectivity index (χ4v) is 3.41. The lowest BCUT2D eigenvalue weighted by Gasteiger charge is -2.09. The number of ether oxygens (including phenoxy) is 1. The highest BCUT2D eigenvalue weighted by atomic mass is 32.2. The Morgan fingerprint density at radius 1 is 1.00 bits per heavy atom. The average Bonchev–Trinajstić information content (AvgIpc) is 2.66. The molecular formula is C21H19NO4S. The molecule has 0 aliphatic carbocycles. The van der Waals surface area contributed by atoms with Crippen LogP contribution in [0.15, 0.2) is 66.7 Å². The molecular weight excluding hydrogens is 362 g/mol. The third kappa shape index (κ3) is 5.01. The van der Waals surface area contributed by atoms with Gasteiger partial charge in [0.05, 0.1) is 5.56 Å². The molecule has 0 radical (unpaired) electrons. The third-order valence-electron chi connectivity index (χ3n) is 3.93. The van der Waals surface area contributed by atoms with Crippen LogP contribution in [-0.4, -0.2) is 28.9 Å². The minimum Gasteiger partial charge on any atom is -0.452 e. The number of benzene rings is 3. The van der Waals surface area contributed by atoms with E-state index < -0.39 is 22.7 Å². The van der Waals surface area contributed by atoms with Crippen molar-refractivity contribution in [3.8, 4) is 0 Å². The summed E-state index contributed by atoms with van der Waals surface area (Å²) in [4.78, 5) is 24.3. The van der Waals surface area contributed by atoms with Gasteiger partial charge in [0.25, 0.3) is 5.91 Å². The van der Waals surface area contributed by atoms with Crippen LogP contribution in [0.5, 0.6) is 0 Å². The zero-order valence-electron chi connectivity index (χ0n) is 14.8. The van der Waals surface area contributed by atoms with Gasteiger partial charge >= 0.3 is 5.97 Å². The molecule has 27 heavy (non-hydrogen) atoms. The molecule has 0 fully saturated rings. The molecule has 1 N–H and O–H groups in total. The number of rotatable bonds is 6. The number of fused-ring (bicyclic) bond motifs is 1. The van der Waals surface area contributed by atoms with E-state index in [4.69, 9.17) is 4.74 Å². The first-order chi connectivity index (χ1) is 13.0. The number of esters is 1. The van der Waals surface area contributed by atoms with Crippen LogP contribution in [0.4, 0.5) is 5.69 Å².